The average molecular weight is 387 g/mol. The van der Waals surface area contributed by atoms with Gasteiger partial charge in [-0.1, -0.05) is 24.3 Å². The Labute approximate surface area is 160 Å². The zero-order valence-corrected chi connectivity index (χ0v) is 15.3. The molecule has 0 spiro atoms. The van der Waals surface area contributed by atoms with Crippen LogP contribution in [0.15, 0.2) is 48.5 Å². The molecule has 2 N–H and O–H groups in total. The number of hydrogen-bond acceptors (Lipinski definition) is 4. The van der Waals surface area contributed by atoms with Gasteiger partial charge in [-0.15, -0.1) is 0 Å². The lowest BCUT2D eigenvalue weighted by atomic mass is 10.1. The van der Waals surface area contributed by atoms with Gasteiger partial charge in [0.05, 0.1) is 24.2 Å². The van der Waals surface area contributed by atoms with Gasteiger partial charge in [0.2, 0.25) is 5.91 Å². The van der Waals surface area contributed by atoms with Crippen LogP contribution >= 0.6 is 0 Å². The molecule has 0 bridgehead atoms. The molecular weight excluding hydrogens is 368 g/mol. The molecule has 8 heteroatoms. The molecule has 0 saturated heterocycles. The Balaban J connectivity index is 1.73. The van der Waals surface area contributed by atoms with E-state index in [0.717, 1.165) is 11.0 Å². The zero-order chi connectivity index (χ0) is 20.1. The number of ether oxygens (including phenoxy) is 2. The molecular formula is C20H19F2N3O3. The van der Waals surface area contributed by atoms with Gasteiger partial charge in [-0.2, -0.15) is 8.78 Å². The maximum Gasteiger partial charge on any atom is 0.387 e. The van der Waals surface area contributed by atoms with Gasteiger partial charge in [0, 0.05) is 11.6 Å². The summed E-state index contributed by atoms with van der Waals surface area (Å²) in [6, 6.07) is 11.8. The number of nitrogens with one attached hydrogen (secondary N) is 2. The summed E-state index contributed by atoms with van der Waals surface area (Å²) in [5.41, 5.74) is 1.98. The molecule has 3 aromatic rings. The summed E-state index contributed by atoms with van der Waals surface area (Å²) in [6.07, 6.45) is 2.63. The first kappa shape index (κ1) is 19.3. The monoisotopic (exact) mass is 387 g/mol. The van der Waals surface area contributed by atoms with Crippen molar-refractivity contribution in [2.24, 2.45) is 0 Å². The normalized spacial score (nSPS) is 12.5. The highest BCUT2D eigenvalue weighted by atomic mass is 19.3. The number of imidazole rings is 1. The fraction of sp³-hybridized carbons (Fsp3) is 0.200. The van der Waals surface area contributed by atoms with Crippen LogP contribution in [-0.2, 0) is 4.79 Å². The van der Waals surface area contributed by atoms with Crippen LogP contribution in [0.4, 0.5) is 8.78 Å². The molecule has 0 aliphatic carbocycles. The Bertz CT molecular complexity index is 968. The highest BCUT2D eigenvalue weighted by Crippen LogP contribution is 2.33. The second-order valence-corrected chi connectivity index (χ2v) is 5.96. The van der Waals surface area contributed by atoms with Gasteiger partial charge in [0.15, 0.2) is 11.5 Å². The molecule has 6 nitrogen and oxygen atoms in total. The minimum Gasteiger partial charge on any atom is -0.493 e. The number of H-pyrrole nitrogens is 1. The number of aromatic amines is 1. The summed E-state index contributed by atoms with van der Waals surface area (Å²) in [5.74, 6) is 0.234. The number of hydrogen-bond donors (Lipinski definition) is 2. The van der Waals surface area contributed by atoms with Crippen molar-refractivity contribution in [2.45, 2.75) is 19.6 Å². The van der Waals surface area contributed by atoms with E-state index in [0.29, 0.717) is 11.4 Å². The minimum absolute atomic E-state index is 0.130. The van der Waals surface area contributed by atoms with E-state index < -0.39 is 12.5 Å². The number of amides is 1. The standard InChI is InChI=1S/C20H19F2N3O3/c1-12(19-24-14-7-3-4-8-15(14)25-19)23-17(26)11-10-13-6-5-9-16(27-2)18(13)28-20(21)22/h3-12,20H,1-2H3,(H,23,26)(H,24,25)/b11-10+. The first-order chi connectivity index (χ1) is 13.5. The SMILES string of the molecule is COc1cccc(/C=C/C(=O)NC(C)c2nc3ccccc3[nH]2)c1OC(F)F. The van der Waals surface area contributed by atoms with Crippen molar-refractivity contribution in [2.75, 3.05) is 7.11 Å². The highest BCUT2D eigenvalue weighted by molar-refractivity contribution is 5.92. The lowest BCUT2D eigenvalue weighted by Crippen LogP contribution is -2.25. The van der Waals surface area contributed by atoms with Crippen LogP contribution in [0, 0.1) is 0 Å². The molecule has 0 saturated carbocycles. The van der Waals surface area contributed by atoms with E-state index in [1.54, 1.807) is 19.1 Å². The summed E-state index contributed by atoms with van der Waals surface area (Å²) in [5, 5.41) is 2.78. The Morgan fingerprint density at radius 3 is 2.71 bits per heavy atom. The number of carbonyl (C=O) groups excluding carboxylic acids is 1. The van der Waals surface area contributed by atoms with Crippen molar-refractivity contribution in [1.82, 2.24) is 15.3 Å². The van der Waals surface area contributed by atoms with Gasteiger partial charge < -0.3 is 19.8 Å². The van der Waals surface area contributed by atoms with Crippen LogP contribution in [-0.4, -0.2) is 29.6 Å². The van der Waals surface area contributed by atoms with Gasteiger partial charge >= 0.3 is 6.61 Å². The summed E-state index contributed by atoms with van der Waals surface area (Å²) in [4.78, 5) is 19.8. The van der Waals surface area contributed by atoms with E-state index in [2.05, 4.69) is 20.0 Å². The van der Waals surface area contributed by atoms with Gasteiger partial charge in [-0.25, -0.2) is 4.98 Å². The van der Waals surface area contributed by atoms with Gasteiger partial charge in [-0.05, 0) is 31.2 Å². The molecule has 1 aromatic heterocycles. The number of rotatable bonds is 7. The molecule has 0 fully saturated rings. The number of para-hydroxylation sites is 3. The Kier molecular flexibility index (Phi) is 5.88. The number of alkyl halides is 2. The van der Waals surface area contributed by atoms with Gasteiger partial charge in [-0.3, -0.25) is 4.79 Å². The average Bonchev–Trinajstić information content (AvgIpc) is 3.11. The van der Waals surface area contributed by atoms with E-state index in [4.69, 9.17) is 4.74 Å². The Morgan fingerprint density at radius 1 is 1.21 bits per heavy atom. The van der Waals surface area contributed by atoms with Crippen LogP contribution in [0.5, 0.6) is 11.5 Å². The molecule has 28 heavy (non-hydrogen) atoms. The first-order valence-electron chi connectivity index (χ1n) is 8.53. The van der Waals surface area contributed by atoms with Crippen molar-refractivity contribution in [3.05, 3.63) is 59.9 Å². The second-order valence-electron chi connectivity index (χ2n) is 5.96. The van der Waals surface area contributed by atoms with Crippen LogP contribution < -0.4 is 14.8 Å². The molecule has 3 rings (SSSR count). The van der Waals surface area contributed by atoms with Crippen LogP contribution in [0.1, 0.15) is 24.4 Å². The van der Waals surface area contributed by atoms with Crippen molar-refractivity contribution in [3.8, 4) is 11.5 Å². The van der Waals surface area contributed by atoms with Gasteiger partial charge in [0.1, 0.15) is 5.82 Å². The zero-order valence-electron chi connectivity index (χ0n) is 15.3. The summed E-state index contributed by atoms with van der Waals surface area (Å²) >= 11 is 0. The number of halogens is 2. The molecule has 1 amide bonds. The number of aromatic nitrogens is 2. The molecule has 1 unspecified atom stereocenters. The van der Waals surface area contributed by atoms with Crippen molar-refractivity contribution in [3.63, 3.8) is 0 Å². The minimum atomic E-state index is -3.01. The quantitative estimate of drug-likeness (QED) is 0.600. The smallest absolute Gasteiger partial charge is 0.387 e. The maximum atomic E-state index is 12.7. The van der Waals surface area contributed by atoms with Crippen LogP contribution in [0.25, 0.3) is 17.1 Å². The molecule has 146 valence electrons. The topological polar surface area (TPSA) is 76.2 Å². The van der Waals surface area contributed by atoms with E-state index in [9.17, 15) is 13.6 Å². The summed E-state index contributed by atoms with van der Waals surface area (Å²) < 4.78 is 34.9. The van der Waals surface area contributed by atoms with Crippen LogP contribution in [0.3, 0.4) is 0 Å². The van der Waals surface area contributed by atoms with Crippen molar-refractivity contribution >= 4 is 23.0 Å². The largest absolute Gasteiger partial charge is 0.493 e. The van der Waals surface area contributed by atoms with Crippen LogP contribution in [0.2, 0.25) is 0 Å². The summed E-state index contributed by atoms with van der Waals surface area (Å²) in [7, 11) is 1.35. The van der Waals surface area contributed by atoms with Gasteiger partial charge in [0.25, 0.3) is 0 Å². The predicted octanol–water partition coefficient (Wildman–Crippen LogP) is 4.06. The second kappa shape index (κ2) is 8.51. The predicted molar refractivity (Wildman–Crippen MR) is 101 cm³/mol. The number of benzene rings is 2. The number of carbonyl (C=O) groups is 1. The fourth-order valence-corrected chi connectivity index (χ4v) is 2.71. The third-order valence-corrected chi connectivity index (χ3v) is 4.03. The number of methoxy groups -OCH3 is 1. The van der Waals surface area contributed by atoms with E-state index in [1.807, 2.05) is 24.3 Å². The summed E-state index contributed by atoms with van der Waals surface area (Å²) in [6.45, 7) is -1.22. The fourth-order valence-electron chi connectivity index (χ4n) is 2.71. The third-order valence-electron chi connectivity index (χ3n) is 4.03. The van der Waals surface area contributed by atoms with E-state index >= 15 is 0 Å². The molecule has 0 aliphatic rings. The Morgan fingerprint density at radius 2 is 2.00 bits per heavy atom. The van der Waals surface area contributed by atoms with Crippen molar-refractivity contribution in [1.29, 1.82) is 0 Å². The molecule has 2 aromatic carbocycles. The highest BCUT2D eigenvalue weighted by Gasteiger charge is 2.15. The maximum absolute atomic E-state index is 12.7. The molecule has 0 aliphatic heterocycles. The number of fused-ring (bicyclic) bond motifs is 1. The first-order valence-corrected chi connectivity index (χ1v) is 8.53. The Hall–Kier alpha value is -3.42. The lowest BCUT2D eigenvalue weighted by Gasteiger charge is -2.12. The molecule has 0 radical (unpaired) electrons. The lowest BCUT2D eigenvalue weighted by molar-refractivity contribution is -0.117. The van der Waals surface area contributed by atoms with E-state index in [1.165, 1.54) is 25.3 Å². The molecule has 1 heterocycles. The molecule has 1 atom stereocenters. The third kappa shape index (κ3) is 4.46. The van der Waals surface area contributed by atoms with Crippen molar-refractivity contribution < 1.29 is 23.0 Å². The van der Waals surface area contributed by atoms with E-state index in [-0.39, 0.29) is 17.5 Å². The number of nitrogens with zero attached hydrogens (tertiary/aromatic N) is 1.